The highest BCUT2D eigenvalue weighted by Crippen LogP contribution is 2.22. The van der Waals surface area contributed by atoms with Gasteiger partial charge < -0.3 is 5.32 Å². The van der Waals surface area contributed by atoms with E-state index in [9.17, 15) is 9.59 Å². The van der Waals surface area contributed by atoms with Crippen LogP contribution in [-0.4, -0.2) is 22.0 Å². The first kappa shape index (κ1) is 13.7. The lowest BCUT2D eigenvalue weighted by atomic mass is 10.1. The third-order valence-electron chi connectivity index (χ3n) is 2.71. The fraction of sp³-hybridized carbons (Fsp3) is 0.133. The van der Waals surface area contributed by atoms with Crippen molar-refractivity contribution < 1.29 is 9.59 Å². The molecular formula is C15H15N3O2. The van der Waals surface area contributed by atoms with Crippen LogP contribution in [0.5, 0.6) is 0 Å². The summed E-state index contributed by atoms with van der Waals surface area (Å²) in [6.45, 7) is 5.56. The highest BCUT2D eigenvalue weighted by molar-refractivity contribution is 5.89. The molecule has 0 fully saturated rings. The summed E-state index contributed by atoms with van der Waals surface area (Å²) >= 11 is 0. The number of carbonyl (C=O) groups excluding carboxylic acids is 2. The predicted molar refractivity (Wildman–Crippen MR) is 77.6 cm³/mol. The Balaban J connectivity index is 2.38. The van der Waals surface area contributed by atoms with Crippen molar-refractivity contribution in [3.63, 3.8) is 0 Å². The molecule has 0 aliphatic rings. The van der Waals surface area contributed by atoms with E-state index in [1.165, 1.54) is 6.92 Å². The lowest BCUT2D eigenvalue weighted by Gasteiger charge is -2.03. The summed E-state index contributed by atoms with van der Waals surface area (Å²) in [4.78, 5) is 22.1. The fourth-order valence-corrected chi connectivity index (χ4v) is 1.90. The zero-order valence-electron chi connectivity index (χ0n) is 11.2. The molecule has 0 aliphatic heterocycles. The Labute approximate surface area is 116 Å². The molecule has 5 heteroatoms. The monoisotopic (exact) mass is 269 g/mol. The van der Waals surface area contributed by atoms with Crippen molar-refractivity contribution in [2.24, 2.45) is 0 Å². The molecule has 20 heavy (non-hydrogen) atoms. The van der Waals surface area contributed by atoms with Crippen molar-refractivity contribution >= 4 is 17.9 Å². The highest BCUT2D eigenvalue weighted by Gasteiger charge is 2.09. The standard InChI is InChI=1S/C15H15N3O2/c1-3-7-18-14(10-19)9-15(17-18)12-5-4-6-13(8-12)16-11(2)20/h3-6,8-10H,1,7H2,2H3,(H,16,20). The number of hydrogen-bond donors (Lipinski definition) is 1. The van der Waals surface area contributed by atoms with Crippen LogP contribution in [0.3, 0.4) is 0 Å². The number of nitrogens with zero attached hydrogens (tertiary/aromatic N) is 2. The summed E-state index contributed by atoms with van der Waals surface area (Å²) in [6, 6.07) is 9.03. The molecule has 0 aliphatic carbocycles. The number of nitrogens with one attached hydrogen (secondary N) is 1. The van der Waals surface area contributed by atoms with Gasteiger partial charge >= 0.3 is 0 Å². The van der Waals surface area contributed by atoms with Crippen LogP contribution in [0.1, 0.15) is 17.4 Å². The first-order chi connectivity index (χ1) is 9.63. The molecule has 2 aromatic rings. The average Bonchev–Trinajstić information content (AvgIpc) is 2.82. The van der Waals surface area contributed by atoms with Crippen molar-refractivity contribution in [2.75, 3.05) is 5.32 Å². The Hall–Kier alpha value is -2.69. The van der Waals surface area contributed by atoms with Gasteiger partial charge in [-0.05, 0) is 18.2 Å². The first-order valence-corrected chi connectivity index (χ1v) is 6.16. The van der Waals surface area contributed by atoms with E-state index < -0.39 is 0 Å². The van der Waals surface area contributed by atoms with Crippen molar-refractivity contribution in [2.45, 2.75) is 13.5 Å². The average molecular weight is 269 g/mol. The van der Waals surface area contributed by atoms with E-state index in [-0.39, 0.29) is 5.91 Å². The minimum absolute atomic E-state index is 0.132. The molecule has 1 heterocycles. The molecule has 0 spiro atoms. The van der Waals surface area contributed by atoms with Crippen LogP contribution in [0.2, 0.25) is 0 Å². The number of carbonyl (C=O) groups is 2. The Kier molecular flexibility index (Phi) is 4.10. The van der Waals surface area contributed by atoms with Gasteiger partial charge in [0.15, 0.2) is 6.29 Å². The molecule has 0 atom stereocenters. The molecular weight excluding hydrogens is 254 g/mol. The lowest BCUT2D eigenvalue weighted by Crippen LogP contribution is -2.05. The number of amides is 1. The molecule has 1 N–H and O–H groups in total. The van der Waals surface area contributed by atoms with Gasteiger partial charge in [-0.3, -0.25) is 14.3 Å². The molecule has 1 aromatic heterocycles. The van der Waals surface area contributed by atoms with E-state index in [0.717, 1.165) is 11.8 Å². The number of hydrogen-bond acceptors (Lipinski definition) is 3. The van der Waals surface area contributed by atoms with E-state index in [2.05, 4.69) is 17.0 Å². The van der Waals surface area contributed by atoms with Crippen molar-refractivity contribution in [1.82, 2.24) is 9.78 Å². The summed E-state index contributed by atoms with van der Waals surface area (Å²) < 4.78 is 1.58. The summed E-state index contributed by atoms with van der Waals surface area (Å²) in [5, 5.41) is 7.08. The fourth-order valence-electron chi connectivity index (χ4n) is 1.90. The molecule has 5 nitrogen and oxygen atoms in total. The van der Waals surface area contributed by atoms with Gasteiger partial charge in [-0.2, -0.15) is 5.10 Å². The highest BCUT2D eigenvalue weighted by atomic mass is 16.1. The van der Waals surface area contributed by atoms with E-state index in [0.29, 0.717) is 23.6 Å². The smallest absolute Gasteiger partial charge is 0.221 e. The van der Waals surface area contributed by atoms with Gasteiger partial charge in [0.1, 0.15) is 5.69 Å². The van der Waals surface area contributed by atoms with Crippen LogP contribution in [0.4, 0.5) is 5.69 Å². The predicted octanol–water partition coefficient (Wildman–Crippen LogP) is 2.51. The Morgan fingerprint density at radius 2 is 2.25 bits per heavy atom. The molecule has 1 aromatic carbocycles. The van der Waals surface area contributed by atoms with Gasteiger partial charge in [-0.25, -0.2) is 0 Å². The van der Waals surface area contributed by atoms with Crippen LogP contribution >= 0.6 is 0 Å². The quantitative estimate of drug-likeness (QED) is 0.670. The first-order valence-electron chi connectivity index (χ1n) is 6.16. The van der Waals surface area contributed by atoms with Crippen LogP contribution < -0.4 is 5.32 Å². The zero-order valence-corrected chi connectivity index (χ0v) is 11.2. The maximum atomic E-state index is 11.1. The normalized spacial score (nSPS) is 10.1. The maximum absolute atomic E-state index is 11.1. The van der Waals surface area contributed by atoms with E-state index >= 15 is 0 Å². The van der Waals surface area contributed by atoms with Crippen LogP contribution in [-0.2, 0) is 11.3 Å². The number of aromatic nitrogens is 2. The largest absolute Gasteiger partial charge is 0.326 e. The maximum Gasteiger partial charge on any atom is 0.221 e. The molecule has 0 saturated heterocycles. The minimum Gasteiger partial charge on any atom is -0.326 e. The number of allylic oxidation sites excluding steroid dienone is 1. The van der Waals surface area contributed by atoms with E-state index in [1.807, 2.05) is 18.2 Å². The number of aldehydes is 1. The van der Waals surface area contributed by atoms with Crippen molar-refractivity contribution in [1.29, 1.82) is 0 Å². The Morgan fingerprint density at radius 3 is 2.90 bits per heavy atom. The third kappa shape index (κ3) is 3.00. The van der Waals surface area contributed by atoms with Crippen LogP contribution in [0.15, 0.2) is 43.0 Å². The second kappa shape index (κ2) is 5.97. The summed E-state index contributed by atoms with van der Waals surface area (Å²) in [5.74, 6) is -0.132. The second-order valence-corrected chi connectivity index (χ2v) is 4.31. The molecule has 102 valence electrons. The van der Waals surface area contributed by atoms with E-state index in [4.69, 9.17) is 0 Å². The SMILES string of the molecule is C=CCn1nc(-c2cccc(NC(C)=O)c2)cc1C=O. The van der Waals surface area contributed by atoms with Crippen LogP contribution in [0, 0.1) is 0 Å². The second-order valence-electron chi connectivity index (χ2n) is 4.31. The zero-order chi connectivity index (χ0) is 14.5. The Morgan fingerprint density at radius 1 is 1.45 bits per heavy atom. The number of benzene rings is 1. The van der Waals surface area contributed by atoms with E-state index in [1.54, 1.807) is 22.9 Å². The molecule has 2 rings (SSSR count). The summed E-state index contributed by atoms with van der Waals surface area (Å²) in [6.07, 6.45) is 2.44. The van der Waals surface area contributed by atoms with Gasteiger partial charge in [0.2, 0.25) is 5.91 Å². The molecule has 0 radical (unpaired) electrons. The molecule has 1 amide bonds. The third-order valence-corrected chi connectivity index (χ3v) is 2.71. The van der Waals surface area contributed by atoms with Crippen LogP contribution in [0.25, 0.3) is 11.3 Å². The van der Waals surface area contributed by atoms with Gasteiger partial charge in [-0.15, -0.1) is 6.58 Å². The number of anilines is 1. The van der Waals surface area contributed by atoms with Crippen molar-refractivity contribution in [3.8, 4) is 11.3 Å². The molecule has 0 unspecified atom stereocenters. The summed E-state index contributed by atoms with van der Waals surface area (Å²) in [5.41, 5.74) is 2.70. The van der Waals surface area contributed by atoms with Gasteiger partial charge in [0, 0.05) is 18.2 Å². The topological polar surface area (TPSA) is 64.0 Å². The minimum atomic E-state index is -0.132. The summed E-state index contributed by atoms with van der Waals surface area (Å²) in [7, 11) is 0. The number of rotatable bonds is 5. The lowest BCUT2D eigenvalue weighted by molar-refractivity contribution is -0.114. The van der Waals surface area contributed by atoms with Crippen molar-refractivity contribution in [3.05, 3.63) is 48.7 Å². The van der Waals surface area contributed by atoms with Gasteiger partial charge in [0.25, 0.3) is 0 Å². The Bertz CT molecular complexity index is 659. The molecule has 0 saturated carbocycles. The molecule has 0 bridgehead atoms. The van der Waals surface area contributed by atoms with Gasteiger partial charge in [-0.1, -0.05) is 18.2 Å². The van der Waals surface area contributed by atoms with Gasteiger partial charge in [0.05, 0.1) is 12.2 Å².